The van der Waals surface area contributed by atoms with Gasteiger partial charge in [-0.05, 0) is 19.9 Å². The lowest BCUT2D eigenvalue weighted by Gasteiger charge is -2.12. The minimum Gasteiger partial charge on any atom is -0.489 e. The average Bonchev–Trinajstić information content (AvgIpc) is 3.30. The molecule has 1 aliphatic rings. The second-order valence-electron chi connectivity index (χ2n) is 6.90. The molecule has 0 amide bonds. The van der Waals surface area contributed by atoms with Crippen LogP contribution in [0.2, 0.25) is 0 Å². The summed E-state index contributed by atoms with van der Waals surface area (Å²) in [7, 11) is 0. The van der Waals surface area contributed by atoms with Crippen molar-refractivity contribution >= 4 is 5.82 Å². The number of hydrogen-bond acceptors (Lipinski definition) is 8. The summed E-state index contributed by atoms with van der Waals surface area (Å²) in [6.07, 6.45) is 4.28. The van der Waals surface area contributed by atoms with Crippen LogP contribution in [-0.4, -0.2) is 65.4 Å². The number of fused-ring (bicyclic) bond motifs is 3. The van der Waals surface area contributed by atoms with Crippen molar-refractivity contribution in [3.05, 3.63) is 24.8 Å². The van der Waals surface area contributed by atoms with Gasteiger partial charge in [0.25, 0.3) is 0 Å². The maximum Gasteiger partial charge on any atom is 0.178 e. The highest BCUT2D eigenvalue weighted by Crippen LogP contribution is 2.34. The number of aliphatic hydroxyl groups is 2. The van der Waals surface area contributed by atoms with Crippen LogP contribution in [0, 0.1) is 0 Å². The van der Waals surface area contributed by atoms with Crippen molar-refractivity contribution < 1.29 is 14.9 Å². The molecule has 148 valence electrons. The van der Waals surface area contributed by atoms with E-state index in [0.29, 0.717) is 24.7 Å². The van der Waals surface area contributed by atoms with Crippen LogP contribution in [0.25, 0.3) is 22.9 Å². The number of hydrogen-bond donors (Lipinski definition) is 3. The van der Waals surface area contributed by atoms with Crippen LogP contribution in [0.4, 0.5) is 5.82 Å². The fourth-order valence-corrected chi connectivity index (χ4v) is 3.09. The minimum absolute atomic E-state index is 0.174. The van der Waals surface area contributed by atoms with Crippen molar-refractivity contribution in [2.24, 2.45) is 0 Å². The van der Waals surface area contributed by atoms with Crippen molar-refractivity contribution in [1.29, 1.82) is 0 Å². The van der Waals surface area contributed by atoms with E-state index < -0.39 is 6.10 Å². The predicted octanol–water partition coefficient (Wildman–Crippen LogP) is 0.942. The van der Waals surface area contributed by atoms with E-state index in [0.717, 1.165) is 22.9 Å². The SMILES string of the molecule is CC(C)n1ncnc1-c1cn2c(n1)-c1cc(NCC(O)CO)ncc1OCC2. The molecule has 1 unspecified atom stereocenters. The Hall–Kier alpha value is -2.98. The molecular formula is C18H23N7O3. The number of rotatable bonds is 6. The quantitative estimate of drug-likeness (QED) is 0.573. The molecule has 0 spiro atoms. The van der Waals surface area contributed by atoms with Gasteiger partial charge >= 0.3 is 0 Å². The molecule has 3 aromatic rings. The first-order chi connectivity index (χ1) is 13.6. The zero-order valence-corrected chi connectivity index (χ0v) is 15.8. The minimum atomic E-state index is -0.854. The maximum absolute atomic E-state index is 9.54. The van der Waals surface area contributed by atoms with Gasteiger partial charge in [0, 0.05) is 18.8 Å². The molecule has 0 saturated carbocycles. The number of nitrogens with one attached hydrogen (secondary N) is 1. The summed E-state index contributed by atoms with van der Waals surface area (Å²) in [6.45, 7) is 5.13. The fraction of sp³-hybridized carbons (Fsp3) is 0.444. The van der Waals surface area contributed by atoms with E-state index in [1.165, 1.54) is 6.33 Å². The molecule has 0 bridgehead atoms. The van der Waals surface area contributed by atoms with Gasteiger partial charge in [-0.1, -0.05) is 0 Å². The Balaban J connectivity index is 1.71. The molecule has 28 heavy (non-hydrogen) atoms. The van der Waals surface area contributed by atoms with Gasteiger partial charge < -0.3 is 24.8 Å². The molecular weight excluding hydrogens is 362 g/mol. The summed E-state index contributed by atoms with van der Waals surface area (Å²) in [6, 6.07) is 2.01. The predicted molar refractivity (Wildman–Crippen MR) is 102 cm³/mol. The third-order valence-electron chi connectivity index (χ3n) is 4.50. The Kier molecular flexibility index (Phi) is 4.97. The molecule has 1 aliphatic heterocycles. The molecule has 3 aromatic heterocycles. The van der Waals surface area contributed by atoms with Gasteiger partial charge in [-0.25, -0.2) is 19.6 Å². The van der Waals surface area contributed by atoms with E-state index >= 15 is 0 Å². The lowest BCUT2D eigenvalue weighted by molar-refractivity contribution is 0.105. The lowest BCUT2D eigenvalue weighted by atomic mass is 10.2. The molecule has 0 fully saturated rings. The monoisotopic (exact) mass is 385 g/mol. The van der Waals surface area contributed by atoms with Gasteiger partial charge in [-0.2, -0.15) is 5.10 Å². The molecule has 0 aliphatic carbocycles. The smallest absolute Gasteiger partial charge is 0.178 e. The van der Waals surface area contributed by atoms with E-state index in [9.17, 15) is 5.11 Å². The van der Waals surface area contributed by atoms with Gasteiger partial charge in [0.2, 0.25) is 0 Å². The van der Waals surface area contributed by atoms with Gasteiger partial charge in [0.1, 0.15) is 36.0 Å². The highest BCUT2D eigenvalue weighted by Gasteiger charge is 2.22. The van der Waals surface area contributed by atoms with Crippen LogP contribution in [0.1, 0.15) is 19.9 Å². The molecule has 0 radical (unpaired) electrons. The first-order valence-electron chi connectivity index (χ1n) is 9.20. The Morgan fingerprint density at radius 1 is 1.29 bits per heavy atom. The van der Waals surface area contributed by atoms with Crippen molar-refractivity contribution in [2.75, 3.05) is 25.1 Å². The standard InChI is InChI=1S/C18H23N7O3/c1-11(2)25-18(21-10-22-25)14-8-24-3-4-28-15-7-20-16(19-6-12(27)9-26)5-13(15)17(24)23-14/h5,7-8,10-12,26-27H,3-4,6,9H2,1-2H3,(H,19,20). The third-order valence-corrected chi connectivity index (χ3v) is 4.50. The van der Waals surface area contributed by atoms with Gasteiger partial charge in [-0.3, -0.25) is 0 Å². The normalized spacial score (nSPS) is 14.2. The number of pyridine rings is 1. The molecule has 3 N–H and O–H groups in total. The van der Waals surface area contributed by atoms with Crippen LogP contribution < -0.4 is 10.1 Å². The van der Waals surface area contributed by atoms with Crippen LogP contribution in [0.5, 0.6) is 5.75 Å². The van der Waals surface area contributed by atoms with Crippen LogP contribution in [-0.2, 0) is 6.54 Å². The molecule has 0 aromatic carbocycles. The van der Waals surface area contributed by atoms with E-state index in [1.807, 2.05) is 35.4 Å². The van der Waals surface area contributed by atoms with E-state index in [2.05, 4.69) is 20.4 Å². The van der Waals surface area contributed by atoms with Crippen molar-refractivity contribution in [3.63, 3.8) is 0 Å². The molecule has 4 rings (SSSR count). The summed E-state index contributed by atoms with van der Waals surface area (Å²) in [5.74, 6) is 2.69. The number of ether oxygens (including phenoxy) is 1. The largest absolute Gasteiger partial charge is 0.489 e. The Morgan fingerprint density at radius 3 is 2.93 bits per heavy atom. The van der Waals surface area contributed by atoms with Crippen LogP contribution >= 0.6 is 0 Å². The summed E-state index contributed by atoms with van der Waals surface area (Å²) in [4.78, 5) is 13.5. The molecule has 10 heteroatoms. The highest BCUT2D eigenvalue weighted by atomic mass is 16.5. The van der Waals surface area contributed by atoms with Gasteiger partial charge in [0.05, 0.1) is 31.0 Å². The number of aliphatic hydroxyl groups excluding tert-OH is 2. The summed E-state index contributed by atoms with van der Waals surface area (Å²) >= 11 is 0. The Labute approximate surface area is 161 Å². The summed E-state index contributed by atoms with van der Waals surface area (Å²) in [5, 5.41) is 25.8. The van der Waals surface area contributed by atoms with E-state index in [-0.39, 0.29) is 19.2 Å². The number of anilines is 1. The average molecular weight is 385 g/mol. The molecule has 4 heterocycles. The third kappa shape index (κ3) is 3.43. The van der Waals surface area contributed by atoms with Gasteiger partial charge in [0.15, 0.2) is 5.82 Å². The van der Waals surface area contributed by atoms with Crippen molar-refractivity contribution in [3.8, 4) is 28.7 Å². The molecule has 0 saturated heterocycles. The number of nitrogens with zero attached hydrogens (tertiary/aromatic N) is 6. The van der Waals surface area contributed by atoms with Crippen molar-refractivity contribution in [2.45, 2.75) is 32.5 Å². The Bertz CT molecular complexity index is 966. The van der Waals surface area contributed by atoms with E-state index in [1.54, 1.807) is 6.20 Å². The van der Waals surface area contributed by atoms with Crippen LogP contribution in [0.15, 0.2) is 24.8 Å². The second kappa shape index (κ2) is 7.56. The van der Waals surface area contributed by atoms with Crippen LogP contribution in [0.3, 0.4) is 0 Å². The second-order valence-corrected chi connectivity index (χ2v) is 6.90. The van der Waals surface area contributed by atoms with Gasteiger partial charge in [-0.15, -0.1) is 0 Å². The first-order valence-corrected chi connectivity index (χ1v) is 9.20. The van der Waals surface area contributed by atoms with E-state index in [4.69, 9.17) is 14.8 Å². The maximum atomic E-state index is 9.54. The topological polar surface area (TPSA) is 123 Å². The lowest BCUT2D eigenvalue weighted by Crippen LogP contribution is -2.23. The first kappa shape index (κ1) is 18.4. The fourth-order valence-electron chi connectivity index (χ4n) is 3.09. The molecule has 10 nitrogen and oxygen atoms in total. The number of imidazole rings is 1. The summed E-state index contributed by atoms with van der Waals surface area (Å²) in [5.41, 5.74) is 1.55. The molecule has 1 atom stereocenters. The Morgan fingerprint density at radius 2 is 2.14 bits per heavy atom. The highest BCUT2D eigenvalue weighted by molar-refractivity contribution is 5.70. The summed E-state index contributed by atoms with van der Waals surface area (Å²) < 4.78 is 9.69. The number of aromatic nitrogens is 6. The zero-order chi connectivity index (χ0) is 19.7. The zero-order valence-electron chi connectivity index (χ0n) is 15.8. The van der Waals surface area contributed by atoms with Crippen molar-refractivity contribution in [1.82, 2.24) is 29.3 Å².